The number of rotatable bonds is 5. The number of likely N-dealkylation sites (tertiary alicyclic amines) is 1. The van der Waals surface area contributed by atoms with Crippen LogP contribution in [-0.2, 0) is 11.3 Å². The van der Waals surface area contributed by atoms with E-state index < -0.39 is 0 Å². The molecule has 6 heteroatoms. The molecule has 2 aromatic rings. The van der Waals surface area contributed by atoms with Crippen LogP contribution in [0.1, 0.15) is 35.2 Å². The van der Waals surface area contributed by atoms with Gasteiger partial charge >= 0.3 is 0 Å². The van der Waals surface area contributed by atoms with Crippen molar-refractivity contribution in [2.75, 3.05) is 13.1 Å². The maximum atomic E-state index is 12.1. The predicted octanol–water partition coefficient (Wildman–Crippen LogP) is 2.50. The van der Waals surface area contributed by atoms with E-state index in [4.69, 9.17) is 4.52 Å². The number of amides is 1. The van der Waals surface area contributed by atoms with Gasteiger partial charge in [0.2, 0.25) is 5.91 Å². The number of nitrogens with one attached hydrogen (secondary N) is 1. The summed E-state index contributed by atoms with van der Waals surface area (Å²) >= 11 is 1.66. The van der Waals surface area contributed by atoms with Crippen LogP contribution in [0.4, 0.5) is 0 Å². The fourth-order valence-electron chi connectivity index (χ4n) is 2.72. The number of carbonyl (C=O) groups excluding carboxylic acids is 1. The SMILES string of the molecule is Cc1cc([C@@H]2CCCN2CC(=O)NCc2cccs2)on1. The van der Waals surface area contributed by atoms with E-state index >= 15 is 0 Å². The first-order chi connectivity index (χ1) is 10.2. The van der Waals surface area contributed by atoms with Crippen LogP contribution in [0.25, 0.3) is 0 Å². The quantitative estimate of drug-likeness (QED) is 0.922. The predicted molar refractivity (Wildman–Crippen MR) is 81.0 cm³/mol. The van der Waals surface area contributed by atoms with Crippen molar-refractivity contribution in [2.45, 2.75) is 32.4 Å². The summed E-state index contributed by atoms with van der Waals surface area (Å²) in [5.41, 5.74) is 0.888. The molecule has 5 nitrogen and oxygen atoms in total. The number of carbonyl (C=O) groups is 1. The maximum Gasteiger partial charge on any atom is 0.234 e. The van der Waals surface area contributed by atoms with E-state index in [0.29, 0.717) is 13.1 Å². The molecular weight excluding hydrogens is 286 g/mol. The topological polar surface area (TPSA) is 58.4 Å². The molecule has 1 fully saturated rings. The standard InChI is InChI=1S/C15H19N3O2S/c1-11-8-14(20-17-11)13-5-2-6-18(13)10-15(19)16-9-12-4-3-7-21-12/h3-4,7-8,13H,2,5-6,9-10H2,1H3,(H,16,19)/t13-/m0/s1. The highest BCUT2D eigenvalue weighted by atomic mass is 32.1. The van der Waals surface area contributed by atoms with Crippen LogP contribution in [0.15, 0.2) is 28.1 Å². The van der Waals surface area contributed by atoms with E-state index in [0.717, 1.165) is 30.8 Å². The second-order valence-corrected chi connectivity index (χ2v) is 6.39. The number of nitrogens with zero attached hydrogens (tertiary/aromatic N) is 2. The average Bonchev–Trinajstić information content (AvgIpc) is 3.17. The van der Waals surface area contributed by atoms with Crippen LogP contribution in [0.3, 0.4) is 0 Å². The lowest BCUT2D eigenvalue weighted by Crippen LogP contribution is -2.36. The second-order valence-electron chi connectivity index (χ2n) is 5.36. The molecule has 112 valence electrons. The Morgan fingerprint density at radius 1 is 1.62 bits per heavy atom. The van der Waals surface area contributed by atoms with Crippen molar-refractivity contribution in [3.05, 3.63) is 39.9 Å². The third-order valence-corrected chi connectivity index (χ3v) is 4.60. The minimum Gasteiger partial charge on any atom is -0.359 e. The summed E-state index contributed by atoms with van der Waals surface area (Å²) in [4.78, 5) is 15.4. The molecule has 0 aromatic carbocycles. The Morgan fingerprint density at radius 3 is 3.24 bits per heavy atom. The normalized spacial score (nSPS) is 19.0. The van der Waals surface area contributed by atoms with Crippen LogP contribution in [0.2, 0.25) is 0 Å². The minimum atomic E-state index is 0.0616. The van der Waals surface area contributed by atoms with Gasteiger partial charge in [-0.3, -0.25) is 9.69 Å². The van der Waals surface area contributed by atoms with Gasteiger partial charge in [0.1, 0.15) is 0 Å². The van der Waals surface area contributed by atoms with Gasteiger partial charge in [-0.2, -0.15) is 0 Å². The molecule has 1 atom stereocenters. The van der Waals surface area contributed by atoms with Crippen molar-refractivity contribution in [1.82, 2.24) is 15.4 Å². The lowest BCUT2D eigenvalue weighted by Gasteiger charge is -2.21. The lowest BCUT2D eigenvalue weighted by atomic mass is 10.1. The van der Waals surface area contributed by atoms with E-state index in [1.165, 1.54) is 4.88 Å². The minimum absolute atomic E-state index is 0.0616. The molecule has 1 amide bonds. The summed E-state index contributed by atoms with van der Waals surface area (Å²) in [6.45, 7) is 3.86. The van der Waals surface area contributed by atoms with Gasteiger partial charge in [0.05, 0.1) is 24.8 Å². The van der Waals surface area contributed by atoms with Crippen molar-refractivity contribution in [3.63, 3.8) is 0 Å². The van der Waals surface area contributed by atoms with Crippen LogP contribution in [0, 0.1) is 6.92 Å². The molecule has 0 radical (unpaired) electrons. The molecular formula is C15H19N3O2S. The molecule has 2 aromatic heterocycles. The molecule has 1 N–H and O–H groups in total. The molecule has 21 heavy (non-hydrogen) atoms. The average molecular weight is 305 g/mol. The third-order valence-electron chi connectivity index (χ3n) is 3.72. The molecule has 1 aliphatic rings. The van der Waals surface area contributed by atoms with Gasteiger partial charge in [0, 0.05) is 10.9 Å². The summed E-state index contributed by atoms with van der Waals surface area (Å²) in [5, 5.41) is 8.93. The Bertz CT molecular complexity index is 594. The maximum absolute atomic E-state index is 12.1. The molecule has 3 rings (SSSR count). The number of hydrogen-bond acceptors (Lipinski definition) is 5. The fourth-order valence-corrected chi connectivity index (χ4v) is 3.36. The van der Waals surface area contributed by atoms with Gasteiger partial charge in [0.15, 0.2) is 5.76 Å². The Balaban J connectivity index is 1.54. The van der Waals surface area contributed by atoms with Gasteiger partial charge in [-0.1, -0.05) is 11.2 Å². The Labute approximate surface area is 127 Å². The Morgan fingerprint density at radius 2 is 2.52 bits per heavy atom. The van der Waals surface area contributed by atoms with Gasteiger partial charge in [-0.15, -0.1) is 11.3 Å². The molecule has 1 aliphatic heterocycles. The molecule has 0 bridgehead atoms. The van der Waals surface area contributed by atoms with E-state index in [2.05, 4.69) is 15.4 Å². The van der Waals surface area contributed by atoms with E-state index in [1.54, 1.807) is 11.3 Å². The smallest absolute Gasteiger partial charge is 0.234 e. The molecule has 1 saturated heterocycles. The van der Waals surface area contributed by atoms with Gasteiger partial charge in [0.25, 0.3) is 0 Å². The first-order valence-electron chi connectivity index (χ1n) is 7.19. The van der Waals surface area contributed by atoms with Gasteiger partial charge in [-0.25, -0.2) is 0 Å². The van der Waals surface area contributed by atoms with Crippen molar-refractivity contribution in [2.24, 2.45) is 0 Å². The van der Waals surface area contributed by atoms with E-state index in [9.17, 15) is 4.79 Å². The summed E-state index contributed by atoms with van der Waals surface area (Å²) in [7, 11) is 0. The second kappa shape index (κ2) is 6.41. The largest absolute Gasteiger partial charge is 0.359 e. The van der Waals surface area contributed by atoms with Crippen LogP contribution in [0.5, 0.6) is 0 Å². The highest BCUT2D eigenvalue weighted by Crippen LogP contribution is 2.31. The zero-order chi connectivity index (χ0) is 14.7. The number of thiophene rings is 1. The molecule has 0 saturated carbocycles. The summed E-state index contributed by atoms with van der Waals surface area (Å²) in [6.07, 6.45) is 2.11. The van der Waals surface area contributed by atoms with E-state index in [1.807, 2.05) is 30.5 Å². The zero-order valence-electron chi connectivity index (χ0n) is 12.0. The van der Waals surface area contributed by atoms with Crippen molar-refractivity contribution >= 4 is 17.2 Å². The number of hydrogen-bond donors (Lipinski definition) is 1. The number of aryl methyl sites for hydroxylation is 1. The van der Waals surface area contributed by atoms with Crippen LogP contribution < -0.4 is 5.32 Å². The van der Waals surface area contributed by atoms with Gasteiger partial charge in [-0.05, 0) is 37.8 Å². The highest BCUT2D eigenvalue weighted by molar-refractivity contribution is 7.09. The lowest BCUT2D eigenvalue weighted by molar-refractivity contribution is -0.122. The first-order valence-corrected chi connectivity index (χ1v) is 8.06. The van der Waals surface area contributed by atoms with Crippen molar-refractivity contribution < 1.29 is 9.32 Å². The molecule has 0 unspecified atom stereocenters. The number of aromatic nitrogens is 1. The van der Waals surface area contributed by atoms with Crippen LogP contribution >= 0.6 is 11.3 Å². The van der Waals surface area contributed by atoms with Crippen molar-refractivity contribution in [1.29, 1.82) is 0 Å². The molecule has 0 spiro atoms. The fraction of sp³-hybridized carbons (Fsp3) is 0.467. The first kappa shape index (κ1) is 14.3. The molecule has 0 aliphatic carbocycles. The zero-order valence-corrected chi connectivity index (χ0v) is 12.9. The third kappa shape index (κ3) is 3.51. The Kier molecular flexibility index (Phi) is 4.36. The van der Waals surface area contributed by atoms with Crippen molar-refractivity contribution in [3.8, 4) is 0 Å². The monoisotopic (exact) mass is 305 g/mol. The summed E-state index contributed by atoms with van der Waals surface area (Å²) < 4.78 is 5.36. The summed E-state index contributed by atoms with van der Waals surface area (Å²) in [6, 6.07) is 6.17. The Hall–Kier alpha value is -1.66. The van der Waals surface area contributed by atoms with E-state index in [-0.39, 0.29) is 11.9 Å². The highest BCUT2D eigenvalue weighted by Gasteiger charge is 2.30. The van der Waals surface area contributed by atoms with Crippen LogP contribution in [-0.4, -0.2) is 29.1 Å². The summed E-state index contributed by atoms with van der Waals surface area (Å²) in [5.74, 6) is 0.933. The van der Waals surface area contributed by atoms with Gasteiger partial charge < -0.3 is 9.84 Å². The molecule has 3 heterocycles.